The Morgan fingerprint density at radius 3 is 2.94 bits per heavy atom. The van der Waals surface area contributed by atoms with Crippen molar-refractivity contribution in [2.24, 2.45) is 5.92 Å². The maximum atomic E-state index is 5.63. The number of hydrogen-bond donors (Lipinski definition) is 1. The second-order valence-corrected chi connectivity index (χ2v) is 5.13. The number of nitrogens with zero attached hydrogens (tertiary/aromatic N) is 3. The first kappa shape index (κ1) is 13.3. The van der Waals surface area contributed by atoms with Crippen molar-refractivity contribution in [2.75, 3.05) is 31.7 Å². The molecule has 1 aliphatic rings. The molecule has 1 fully saturated rings. The fourth-order valence-corrected chi connectivity index (χ4v) is 1.91. The highest BCUT2D eigenvalue weighted by atomic mass is 16.5. The van der Waals surface area contributed by atoms with Crippen LogP contribution in [0.1, 0.15) is 26.2 Å². The molecule has 1 aliphatic heterocycles. The van der Waals surface area contributed by atoms with E-state index in [-0.39, 0.29) is 0 Å². The Kier molecular flexibility index (Phi) is 4.54. The number of ether oxygens (including phenoxy) is 1. The third kappa shape index (κ3) is 3.43. The number of anilines is 1. The van der Waals surface area contributed by atoms with Gasteiger partial charge in [0.2, 0.25) is 5.89 Å². The van der Waals surface area contributed by atoms with Crippen LogP contribution in [0.3, 0.4) is 0 Å². The molecule has 1 atom stereocenters. The van der Waals surface area contributed by atoms with Crippen LogP contribution in [0, 0.1) is 5.92 Å². The van der Waals surface area contributed by atoms with E-state index in [1.54, 1.807) is 0 Å². The molecule has 0 bridgehead atoms. The van der Waals surface area contributed by atoms with Gasteiger partial charge in [0.05, 0.1) is 19.2 Å². The minimum atomic E-state index is 0.349. The molecule has 0 aromatic carbocycles. The van der Waals surface area contributed by atoms with Gasteiger partial charge >= 0.3 is 6.01 Å². The summed E-state index contributed by atoms with van der Waals surface area (Å²) in [4.78, 5) is 2.01. The summed E-state index contributed by atoms with van der Waals surface area (Å²) in [5.74, 6) is 1.25. The van der Waals surface area contributed by atoms with Gasteiger partial charge in [0, 0.05) is 13.7 Å². The molecule has 1 aromatic heterocycles. The zero-order valence-corrected chi connectivity index (χ0v) is 11.3. The van der Waals surface area contributed by atoms with E-state index < -0.39 is 0 Å². The lowest BCUT2D eigenvalue weighted by Crippen LogP contribution is -2.31. The lowest BCUT2D eigenvalue weighted by atomic mass is 10.2. The Morgan fingerprint density at radius 1 is 1.44 bits per heavy atom. The molecule has 2 heterocycles. The van der Waals surface area contributed by atoms with E-state index >= 15 is 0 Å². The van der Waals surface area contributed by atoms with Crippen molar-refractivity contribution < 1.29 is 9.15 Å². The first-order valence-electron chi connectivity index (χ1n) is 6.50. The quantitative estimate of drug-likeness (QED) is 0.818. The number of aromatic nitrogens is 2. The SMILES string of the molecule is CC(C)CNCc1nnc(N(C)C2CCOC2)o1. The molecule has 1 unspecified atom stereocenters. The van der Waals surface area contributed by atoms with Crippen LogP contribution in [0.25, 0.3) is 0 Å². The van der Waals surface area contributed by atoms with Crippen LogP contribution in [0.2, 0.25) is 0 Å². The van der Waals surface area contributed by atoms with Crippen molar-refractivity contribution in [2.45, 2.75) is 32.9 Å². The van der Waals surface area contributed by atoms with Gasteiger partial charge in [-0.1, -0.05) is 18.9 Å². The van der Waals surface area contributed by atoms with E-state index in [1.807, 2.05) is 11.9 Å². The van der Waals surface area contributed by atoms with Crippen LogP contribution in [0.4, 0.5) is 6.01 Å². The van der Waals surface area contributed by atoms with Crippen molar-refractivity contribution in [3.8, 4) is 0 Å². The van der Waals surface area contributed by atoms with E-state index in [0.29, 0.717) is 30.4 Å². The second-order valence-electron chi connectivity index (χ2n) is 5.13. The molecule has 2 rings (SSSR count). The number of nitrogens with one attached hydrogen (secondary N) is 1. The largest absolute Gasteiger partial charge is 0.407 e. The van der Waals surface area contributed by atoms with E-state index in [9.17, 15) is 0 Å². The molecule has 18 heavy (non-hydrogen) atoms. The molecular weight excluding hydrogens is 232 g/mol. The summed E-state index contributed by atoms with van der Waals surface area (Å²) in [5, 5.41) is 11.4. The van der Waals surface area contributed by atoms with Gasteiger partial charge in [0.1, 0.15) is 0 Å². The van der Waals surface area contributed by atoms with E-state index in [4.69, 9.17) is 9.15 Å². The monoisotopic (exact) mass is 254 g/mol. The first-order valence-corrected chi connectivity index (χ1v) is 6.50. The summed E-state index contributed by atoms with van der Waals surface area (Å²) < 4.78 is 11.0. The lowest BCUT2D eigenvalue weighted by Gasteiger charge is -2.19. The molecule has 0 amide bonds. The van der Waals surface area contributed by atoms with Crippen molar-refractivity contribution in [1.82, 2.24) is 15.5 Å². The Balaban J connectivity index is 1.85. The molecular formula is C12H22N4O2. The van der Waals surface area contributed by atoms with Crippen LogP contribution in [-0.4, -0.2) is 43.0 Å². The van der Waals surface area contributed by atoms with Crippen LogP contribution in [0.5, 0.6) is 0 Å². The lowest BCUT2D eigenvalue weighted by molar-refractivity contribution is 0.193. The van der Waals surface area contributed by atoms with E-state index in [1.165, 1.54) is 0 Å². The van der Waals surface area contributed by atoms with Crippen LogP contribution >= 0.6 is 0 Å². The highest BCUT2D eigenvalue weighted by Crippen LogP contribution is 2.18. The average molecular weight is 254 g/mol. The van der Waals surface area contributed by atoms with Crippen LogP contribution < -0.4 is 10.2 Å². The molecule has 6 heteroatoms. The van der Waals surface area contributed by atoms with E-state index in [2.05, 4.69) is 29.4 Å². The molecule has 1 N–H and O–H groups in total. The van der Waals surface area contributed by atoms with Crippen molar-refractivity contribution in [1.29, 1.82) is 0 Å². The molecule has 6 nitrogen and oxygen atoms in total. The molecule has 1 aromatic rings. The summed E-state index contributed by atoms with van der Waals surface area (Å²) in [6, 6.07) is 0.925. The molecule has 0 aliphatic carbocycles. The number of rotatable bonds is 6. The van der Waals surface area contributed by atoms with Gasteiger partial charge in [0.15, 0.2) is 0 Å². The van der Waals surface area contributed by atoms with Crippen molar-refractivity contribution in [3.63, 3.8) is 0 Å². The van der Waals surface area contributed by atoms with Crippen LogP contribution in [-0.2, 0) is 11.3 Å². The topological polar surface area (TPSA) is 63.4 Å². The Morgan fingerprint density at radius 2 is 2.28 bits per heavy atom. The maximum absolute atomic E-state index is 5.63. The molecule has 0 saturated carbocycles. The fraction of sp³-hybridized carbons (Fsp3) is 0.833. The standard InChI is InChI=1S/C12H22N4O2/c1-9(2)6-13-7-11-14-15-12(18-11)16(3)10-4-5-17-8-10/h9-10,13H,4-8H2,1-3H3. The minimum Gasteiger partial charge on any atom is -0.407 e. The first-order chi connectivity index (χ1) is 8.66. The van der Waals surface area contributed by atoms with Gasteiger partial charge in [-0.05, 0) is 18.9 Å². The predicted molar refractivity (Wildman–Crippen MR) is 68.5 cm³/mol. The number of likely N-dealkylation sites (N-methyl/N-ethyl adjacent to an activating group) is 1. The summed E-state index contributed by atoms with van der Waals surface area (Å²) in [6.45, 7) is 7.45. The zero-order chi connectivity index (χ0) is 13.0. The third-order valence-corrected chi connectivity index (χ3v) is 3.04. The third-order valence-electron chi connectivity index (χ3n) is 3.04. The van der Waals surface area contributed by atoms with Gasteiger partial charge in [-0.3, -0.25) is 0 Å². The van der Waals surface area contributed by atoms with Gasteiger partial charge in [0.25, 0.3) is 0 Å². The van der Waals surface area contributed by atoms with Gasteiger partial charge in [-0.25, -0.2) is 0 Å². The Hall–Kier alpha value is -1.14. The molecule has 102 valence electrons. The van der Waals surface area contributed by atoms with Gasteiger partial charge < -0.3 is 19.4 Å². The summed E-state index contributed by atoms with van der Waals surface area (Å²) in [7, 11) is 1.97. The van der Waals surface area contributed by atoms with Gasteiger partial charge in [-0.15, -0.1) is 5.10 Å². The Bertz CT molecular complexity index is 361. The van der Waals surface area contributed by atoms with Crippen molar-refractivity contribution >= 4 is 6.01 Å². The molecule has 1 saturated heterocycles. The maximum Gasteiger partial charge on any atom is 0.318 e. The highest BCUT2D eigenvalue weighted by molar-refractivity contribution is 5.25. The summed E-state index contributed by atoms with van der Waals surface area (Å²) in [5.41, 5.74) is 0. The molecule has 0 radical (unpaired) electrons. The zero-order valence-electron chi connectivity index (χ0n) is 11.3. The fourth-order valence-electron chi connectivity index (χ4n) is 1.91. The molecule has 0 spiro atoms. The summed E-state index contributed by atoms with van der Waals surface area (Å²) >= 11 is 0. The second kappa shape index (κ2) is 6.15. The average Bonchev–Trinajstić information content (AvgIpc) is 2.99. The predicted octanol–water partition coefficient (Wildman–Crippen LogP) is 1.04. The summed E-state index contributed by atoms with van der Waals surface area (Å²) in [6.07, 6.45) is 1.01. The number of hydrogen-bond acceptors (Lipinski definition) is 6. The smallest absolute Gasteiger partial charge is 0.318 e. The van der Waals surface area contributed by atoms with Crippen molar-refractivity contribution in [3.05, 3.63) is 5.89 Å². The normalized spacial score (nSPS) is 19.7. The Labute approximate surface area is 108 Å². The minimum absolute atomic E-state index is 0.349. The van der Waals surface area contributed by atoms with Crippen LogP contribution in [0.15, 0.2) is 4.42 Å². The highest BCUT2D eigenvalue weighted by Gasteiger charge is 2.24. The van der Waals surface area contributed by atoms with E-state index in [0.717, 1.165) is 26.2 Å². The van der Waals surface area contributed by atoms with Gasteiger partial charge in [-0.2, -0.15) is 0 Å².